The van der Waals surface area contributed by atoms with Crippen molar-refractivity contribution < 1.29 is 13.2 Å². The Hall–Kier alpha value is -0.860. The van der Waals surface area contributed by atoms with E-state index >= 15 is 0 Å². The molecule has 27 heavy (non-hydrogen) atoms. The van der Waals surface area contributed by atoms with E-state index in [9.17, 15) is 8.42 Å². The highest BCUT2D eigenvalue weighted by molar-refractivity contribution is 7.89. The van der Waals surface area contributed by atoms with Crippen molar-refractivity contribution in [2.45, 2.75) is 70.1 Å². The van der Waals surface area contributed by atoms with Crippen molar-refractivity contribution in [1.29, 1.82) is 0 Å². The van der Waals surface area contributed by atoms with Crippen LogP contribution < -0.4 is 10.6 Å². The average molecular weight is 399 g/mol. The van der Waals surface area contributed by atoms with Gasteiger partial charge >= 0.3 is 0 Å². The molecule has 1 spiro atoms. The maximum atomic E-state index is 12.2. The molecule has 2 aliphatic heterocycles. The smallest absolute Gasteiger partial charge is 0.214 e. The van der Waals surface area contributed by atoms with Crippen molar-refractivity contribution >= 4 is 16.0 Å². The van der Waals surface area contributed by atoms with Crippen LogP contribution >= 0.6 is 0 Å². The number of nitrogens with zero attached hydrogens (tertiary/aromatic N) is 2. The van der Waals surface area contributed by atoms with Gasteiger partial charge in [0.15, 0.2) is 5.96 Å². The fraction of sp³-hybridized carbons (Fsp3) is 0.947. The van der Waals surface area contributed by atoms with Crippen molar-refractivity contribution in [3.05, 3.63) is 0 Å². The summed E-state index contributed by atoms with van der Waals surface area (Å²) in [7, 11) is -1.26. The number of hydrogen-bond acceptors (Lipinski definition) is 4. The van der Waals surface area contributed by atoms with E-state index in [4.69, 9.17) is 4.74 Å². The molecule has 0 radical (unpaired) electrons. The highest BCUT2D eigenvalue weighted by Gasteiger charge is 2.66. The average Bonchev–Trinajstić information content (AvgIpc) is 3.02. The number of aliphatic imine (C=N–C) groups is 1. The van der Waals surface area contributed by atoms with Crippen LogP contribution in [0.1, 0.15) is 51.9 Å². The maximum absolute atomic E-state index is 12.2. The van der Waals surface area contributed by atoms with E-state index in [1.165, 1.54) is 19.3 Å². The number of nitrogens with one attached hydrogen (secondary N) is 2. The number of piperidine rings is 1. The predicted octanol–water partition coefficient (Wildman–Crippen LogP) is 1.31. The zero-order chi connectivity index (χ0) is 19.1. The van der Waals surface area contributed by atoms with Gasteiger partial charge in [0.05, 0.1) is 11.9 Å². The van der Waals surface area contributed by atoms with Crippen molar-refractivity contribution in [2.75, 3.05) is 32.5 Å². The van der Waals surface area contributed by atoms with Gasteiger partial charge in [-0.05, 0) is 38.5 Å². The summed E-state index contributed by atoms with van der Waals surface area (Å²) >= 11 is 0. The highest BCUT2D eigenvalue weighted by Crippen LogP contribution is 2.62. The normalized spacial score (nSPS) is 34.0. The molecule has 3 unspecified atom stereocenters. The molecule has 2 saturated carbocycles. The fourth-order valence-electron chi connectivity index (χ4n) is 5.63. The van der Waals surface area contributed by atoms with Crippen LogP contribution in [0.5, 0.6) is 0 Å². The Bertz CT molecular complexity index is 668. The van der Waals surface area contributed by atoms with Gasteiger partial charge in [0.1, 0.15) is 0 Å². The van der Waals surface area contributed by atoms with Crippen molar-refractivity contribution in [1.82, 2.24) is 14.9 Å². The van der Waals surface area contributed by atoms with Crippen LogP contribution in [0.25, 0.3) is 0 Å². The summed E-state index contributed by atoms with van der Waals surface area (Å²) in [5.41, 5.74) is 0.330. The molecule has 0 aromatic heterocycles. The molecule has 0 amide bonds. The van der Waals surface area contributed by atoms with Gasteiger partial charge in [-0.1, -0.05) is 13.3 Å². The maximum Gasteiger partial charge on any atom is 0.214 e. The third kappa shape index (κ3) is 3.38. The van der Waals surface area contributed by atoms with Crippen LogP contribution in [-0.4, -0.2) is 69.4 Å². The van der Waals surface area contributed by atoms with E-state index in [0.29, 0.717) is 43.0 Å². The SMILES string of the molecule is CCCS(=O)(=O)N1CCC(NC(=NC)NC2C3CCOC3C23CCC3)CC1. The molecule has 2 N–H and O–H groups in total. The molecule has 0 bridgehead atoms. The summed E-state index contributed by atoms with van der Waals surface area (Å²) in [6.45, 7) is 4.01. The molecule has 154 valence electrons. The van der Waals surface area contributed by atoms with E-state index in [-0.39, 0.29) is 11.8 Å². The molecular weight excluding hydrogens is 364 g/mol. The van der Waals surface area contributed by atoms with Gasteiger partial charge < -0.3 is 15.4 Å². The number of guanidine groups is 1. The topological polar surface area (TPSA) is 83.0 Å². The minimum atomic E-state index is -3.08. The molecule has 8 heteroatoms. The molecule has 2 aliphatic carbocycles. The molecule has 3 atom stereocenters. The van der Waals surface area contributed by atoms with E-state index in [1.807, 2.05) is 14.0 Å². The lowest BCUT2D eigenvalue weighted by molar-refractivity contribution is -0.171. The van der Waals surface area contributed by atoms with Gasteiger partial charge in [0.2, 0.25) is 10.0 Å². The van der Waals surface area contributed by atoms with Gasteiger partial charge in [-0.15, -0.1) is 0 Å². The minimum Gasteiger partial charge on any atom is -0.377 e. The molecule has 4 aliphatic rings. The van der Waals surface area contributed by atoms with Crippen molar-refractivity contribution in [2.24, 2.45) is 16.3 Å². The van der Waals surface area contributed by atoms with Crippen LogP contribution in [0.15, 0.2) is 4.99 Å². The van der Waals surface area contributed by atoms with Gasteiger partial charge in [-0.2, -0.15) is 0 Å². The van der Waals surface area contributed by atoms with Gasteiger partial charge in [0, 0.05) is 50.2 Å². The van der Waals surface area contributed by atoms with Crippen molar-refractivity contribution in [3.63, 3.8) is 0 Å². The first-order valence-electron chi connectivity index (χ1n) is 10.6. The summed E-state index contributed by atoms with van der Waals surface area (Å²) in [6, 6.07) is 0.743. The zero-order valence-corrected chi connectivity index (χ0v) is 17.4. The Labute approximate surface area is 163 Å². The molecule has 0 aromatic rings. The molecule has 4 rings (SSSR count). The lowest BCUT2D eigenvalue weighted by atomic mass is 9.46. The van der Waals surface area contributed by atoms with Gasteiger partial charge in [0.25, 0.3) is 0 Å². The molecular formula is C19H34N4O3S. The lowest BCUT2D eigenvalue weighted by Gasteiger charge is -2.63. The van der Waals surface area contributed by atoms with Crippen LogP contribution in [0.2, 0.25) is 0 Å². The third-order valence-corrected chi connectivity index (χ3v) is 9.28. The predicted molar refractivity (Wildman–Crippen MR) is 106 cm³/mol. The molecule has 7 nitrogen and oxygen atoms in total. The second-order valence-corrected chi connectivity index (χ2v) is 10.7. The molecule has 0 aromatic carbocycles. The molecule has 4 fully saturated rings. The first-order valence-corrected chi connectivity index (χ1v) is 12.2. The lowest BCUT2D eigenvalue weighted by Crippen LogP contribution is -2.72. The van der Waals surface area contributed by atoms with E-state index in [1.54, 1.807) is 4.31 Å². The summed E-state index contributed by atoms with van der Waals surface area (Å²) in [5.74, 6) is 1.74. The van der Waals surface area contributed by atoms with Crippen LogP contribution in [0.3, 0.4) is 0 Å². The highest BCUT2D eigenvalue weighted by atomic mass is 32.2. The van der Waals surface area contributed by atoms with E-state index < -0.39 is 10.0 Å². The summed E-state index contributed by atoms with van der Waals surface area (Å²) < 4.78 is 32.1. The number of fused-ring (bicyclic) bond motifs is 2. The zero-order valence-electron chi connectivity index (χ0n) is 16.6. The standard InChI is InChI=1S/C19H34N4O3S/c1-3-13-27(24,25)23-10-5-14(6-11-23)21-18(20-2)22-16-15-7-12-26-17(15)19(16)8-4-9-19/h14-17H,3-13H2,1-2H3,(H2,20,21,22). The monoisotopic (exact) mass is 398 g/mol. The second kappa shape index (κ2) is 7.52. The van der Waals surface area contributed by atoms with Gasteiger partial charge in [-0.3, -0.25) is 4.99 Å². The Kier molecular flexibility index (Phi) is 5.42. The summed E-state index contributed by atoms with van der Waals surface area (Å²) in [5, 5.41) is 7.25. The Morgan fingerprint density at radius 3 is 2.56 bits per heavy atom. The minimum absolute atomic E-state index is 0.253. The summed E-state index contributed by atoms with van der Waals surface area (Å²) in [6.07, 6.45) is 7.76. The summed E-state index contributed by atoms with van der Waals surface area (Å²) in [4.78, 5) is 4.46. The van der Waals surface area contributed by atoms with Gasteiger partial charge in [-0.25, -0.2) is 12.7 Å². The number of sulfonamides is 1. The Balaban J connectivity index is 1.30. The van der Waals surface area contributed by atoms with Crippen molar-refractivity contribution in [3.8, 4) is 0 Å². The number of rotatable bonds is 5. The Morgan fingerprint density at radius 2 is 1.96 bits per heavy atom. The number of ether oxygens (including phenoxy) is 1. The molecule has 2 heterocycles. The molecule has 2 saturated heterocycles. The Morgan fingerprint density at radius 1 is 1.22 bits per heavy atom. The first kappa shape index (κ1) is 19.5. The van der Waals surface area contributed by atoms with Crippen LogP contribution in [-0.2, 0) is 14.8 Å². The van der Waals surface area contributed by atoms with Crippen LogP contribution in [0.4, 0.5) is 0 Å². The second-order valence-electron chi connectivity index (χ2n) is 8.66. The number of hydrogen-bond donors (Lipinski definition) is 2. The van der Waals surface area contributed by atoms with E-state index in [2.05, 4.69) is 15.6 Å². The largest absolute Gasteiger partial charge is 0.377 e. The first-order chi connectivity index (χ1) is 13.0. The fourth-order valence-corrected chi connectivity index (χ4v) is 7.17. The van der Waals surface area contributed by atoms with E-state index in [0.717, 1.165) is 31.8 Å². The van der Waals surface area contributed by atoms with Crippen LogP contribution in [0, 0.1) is 11.3 Å². The quantitative estimate of drug-likeness (QED) is 0.539. The third-order valence-electron chi connectivity index (χ3n) is 7.20.